The Kier molecular flexibility index (Phi) is 5.41. The molecular formula is C28H23N3O. The van der Waals surface area contributed by atoms with E-state index in [-0.39, 0.29) is 0 Å². The second-order valence-electron chi connectivity index (χ2n) is 7.61. The van der Waals surface area contributed by atoms with Crippen LogP contribution in [0.1, 0.15) is 5.56 Å². The van der Waals surface area contributed by atoms with Gasteiger partial charge < -0.3 is 15.8 Å². The molecule has 1 aromatic heterocycles. The van der Waals surface area contributed by atoms with Crippen LogP contribution in [0.5, 0.6) is 5.75 Å². The number of hydrogen-bond acceptors (Lipinski definition) is 4. The summed E-state index contributed by atoms with van der Waals surface area (Å²) in [5.74, 6) is 1.64. The predicted molar refractivity (Wildman–Crippen MR) is 132 cm³/mol. The van der Waals surface area contributed by atoms with E-state index in [1.807, 2.05) is 66.9 Å². The van der Waals surface area contributed by atoms with Crippen molar-refractivity contribution >= 4 is 28.0 Å². The van der Waals surface area contributed by atoms with Gasteiger partial charge in [-0.2, -0.15) is 0 Å². The first-order valence-corrected chi connectivity index (χ1v) is 10.5. The fourth-order valence-corrected chi connectivity index (χ4v) is 3.81. The van der Waals surface area contributed by atoms with Crippen LogP contribution >= 0.6 is 0 Å². The van der Waals surface area contributed by atoms with Gasteiger partial charge in [-0.05, 0) is 58.5 Å². The van der Waals surface area contributed by atoms with Gasteiger partial charge in [-0.1, -0.05) is 66.7 Å². The Hall–Kier alpha value is -4.31. The summed E-state index contributed by atoms with van der Waals surface area (Å²) >= 11 is 0. The van der Waals surface area contributed by atoms with E-state index in [0.29, 0.717) is 12.3 Å². The van der Waals surface area contributed by atoms with Crippen molar-refractivity contribution in [2.24, 2.45) is 0 Å². The molecular weight excluding hydrogens is 394 g/mol. The lowest BCUT2D eigenvalue weighted by Crippen LogP contribution is -1.96. The number of anilines is 3. The van der Waals surface area contributed by atoms with Gasteiger partial charge >= 0.3 is 0 Å². The summed E-state index contributed by atoms with van der Waals surface area (Å²) in [5.41, 5.74) is 10.9. The molecule has 4 aromatic carbocycles. The zero-order valence-corrected chi connectivity index (χ0v) is 17.5. The van der Waals surface area contributed by atoms with Crippen LogP contribution < -0.4 is 15.8 Å². The summed E-state index contributed by atoms with van der Waals surface area (Å²) < 4.78 is 6.04. The molecule has 156 valence electrons. The fraction of sp³-hybridized carbons (Fsp3) is 0.0357. The van der Waals surface area contributed by atoms with Crippen LogP contribution in [0, 0.1) is 0 Å². The van der Waals surface area contributed by atoms with Gasteiger partial charge in [0.25, 0.3) is 0 Å². The molecule has 0 saturated carbocycles. The molecule has 0 bridgehead atoms. The lowest BCUT2D eigenvalue weighted by Gasteiger charge is -2.13. The van der Waals surface area contributed by atoms with E-state index in [1.54, 1.807) is 0 Å². The number of hydrogen-bond donors (Lipinski definition) is 2. The van der Waals surface area contributed by atoms with E-state index in [0.717, 1.165) is 44.7 Å². The Morgan fingerprint density at radius 1 is 0.750 bits per heavy atom. The molecule has 0 amide bonds. The van der Waals surface area contributed by atoms with E-state index in [2.05, 4.69) is 52.8 Å². The number of pyridine rings is 1. The van der Waals surface area contributed by atoms with Crippen LogP contribution in [0.2, 0.25) is 0 Å². The minimum Gasteiger partial charge on any atom is -0.489 e. The van der Waals surface area contributed by atoms with Gasteiger partial charge in [0.15, 0.2) is 0 Å². The molecule has 0 unspecified atom stereocenters. The van der Waals surface area contributed by atoms with Gasteiger partial charge in [-0.25, -0.2) is 4.98 Å². The zero-order valence-electron chi connectivity index (χ0n) is 17.5. The summed E-state index contributed by atoms with van der Waals surface area (Å²) in [5, 5.41) is 5.56. The van der Waals surface area contributed by atoms with Crippen LogP contribution in [-0.4, -0.2) is 4.98 Å². The molecule has 5 rings (SSSR count). The molecule has 0 radical (unpaired) electrons. The molecule has 4 nitrogen and oxygen atoms in total. The second-order valence-corrected chi connectivity index (χ2v) is 7.61. The van der Waals surface area contributed by atoms with Crippen molar-refractivity contribution in [3.05, 3.63) is 115 Å². The Morgan fingerprint density at radius 2 is 1.59 bits per heavy atom. The van der Waals surface area contributed by atoms with Gasteiger partial charge in [0.1, 0.15) is 18.2 Å². The number of fused-ring (bicyclic) bond motifs is 1. The molecule has 0 atom stereocenters. The molecule has 0 saturated heterocycles. The summed E-state index contributed by atoms with van der Waals surface area (Å²) in [6, 6.07) is 34.4. The summed E-state index contributed by atoms with van der Waals surface area (Å²) in [6.45, 7) is 0.540. The average Bonchev–Trinajstić information content (AvgIpc) is 2.83. The molecule has 0 spiro atoms. The second kappa shape index (κ2) is 8.82. The maximum absolute atomic E-state index is 6.04. The highest BCUT2D eigenvalue weighted by molar-refractivity contribution is 6.02. The van der Waals surface area contributed by atoms with Crippen LogP contribution in [0.4, 0.5) is 17.2 Å². The van der Waals surface area contributed by atoms with Crippen molar-refractivity contribution in [2.75, 3.05) is 11.1 Å². The highest BCUT2D eigenvalue weighted by atomic mass is 16.5. The zero-order chi connectivity index (χ0) is 21.8. The minimum absolute atomic E-state index is 0.540. The van der Waals surface area contributed by atoms with Gasteiger partial charge in [0, 0.05) is 23.0 Å². The molecule has 0 aliphatic heterocycles. The number of benzene rings is 4. The molecule has 32 heavy (non-hydrogen) atoms. The van der Waals surface area contributed by atoms with Gasteiger partial charge in [0.05, 0.1) is 0 Å². The minimum atomic E-state index is 0.540. The number of rotatable bonds is 6. The van der Waals surface area contributed by atoms with Crippen molar-refractivity contribution in [1.29, 1.82) is 0 Å². The van der Waals surface area contributed by atoms with Gasteiger partial charge in [0.2, 0.25) is 0 Å². The summed E-state index contributed by atoms with van der Waals surface area (Å²) in [6.07, 6.45) is 1.83. The van der Waals surface area contributed by atoms with Crippen molar-refractivity contribution in [1.82, 2.24) is 4.98 Å². The Labute approximate surface area is 187 Å². The number of aromatic nitrogens is 1. The average molecular weight is 418 g/mol. The van der Waals surface area contributed by atoms with E-state index >= 15 is 0 Å². The highest BCUT2D eigenvalue weighted by Crippen LogP contribution is 2.34. The van der Waals surface area contributed by atoms with Crippen molar-refractivity contribution in [3.63, 3.8) is 0 Å². The first-order valence-electron chi connectivity index (χ1n) is 10.5. The van der Waals surface area contributed by atoms with E-state index < -0.39 is 0 Å². The predicted octanol–water partition coefficient (Wildman–Crippen LogP) is 6.81. The molecule has 4 heteroatoms. The van der Waals surface area contributed by atoms with Gasteiger partial charge in [-0.15, -0.1) is 0 Å². The molecule has 3 N–H and O–H groups in total. The number of nitrogens with one attached hydrogen (secondary N) is 1. The third kappa shape index (κ3) is 4.25. The molecule has 0 fully saturated rings. The summed E-state index contributed by atoms with van der Waals surface area (Å²) in [7, 11) is 0. The number of ether oxygens (including phenoxy) is 1. The normalized spacial score (nSPS) is 10.8. The van der Waals surface area contributed by atoms with Gasteiger partial charge in [-0.3, -0.25) is 0 Å². The lowest BCUT2D eigenvalue weighted by atomic mass is 9.99. The molecule has 5 aromatic rings. The lowest BCUT2D eigenvalue weighted by molar-refractivity contribution is 0.306. The summed E-state index contributed by atoms with van der Waals surface area (Å²) in [4.78, 5) is 4.57. The Balaban J connectivity index is 1.47. The topological polar surface area (TPSA) is 60.2 Å². The van der Waals surface area contributed by atoms with E-state index in [4.69, 9.17) is 10.5 Å². The SMILES string of the molecule is Nc1cccc(Nc2nccc3c(-c4cccc(OCc5ccccc5)c4)cccc23)c1. The Morgan fingerprint density at radius 3 is 2.47 bits per heavy atom. The first-order chi connectivity index (χ1) is 15.8. The van der Waals surface area contributed by atoms with Crippen molar-refractivity contribution in [3.8, 4) is 16.9 Å². The van der Waals surface area contributed by atoms with Crippen LogP contribution in [0.15, 0.2) is 109 Å². The van der Waals surface area contributed by atoms with E-state index in [1.165, 1.54) is 0 Å². The smallest absolute Gasteiger partial charge is 0.138 e. The van der Waals surface area contributed by atoms with Crippen LogP contribution in [-0.2, 0) is 6.61 Å². The molecule has 0 aliphatic rings. The number of nitrogens with zero attached hydrogens (tertiary/aromatic N) is 1. The maximum atomic E-state index is 6.04. The van der Waals surface area contributed by atoms with E-state index in [9.17, 15) is 0 Å². The third-order valence-electron chi connectivity index (χ3n) is 5.35. The Bertz CT molecular complexity index is 1370. The van der Waals surface area contributed by atoms with Crippen LogP contribution in [0.3, 0.4) is 0 Å². The number of nitrogen functional groups attached to an aromatic ring is 1. The molecule has 0 aliphatic carbocycles. The maximum Gasteiger partial charge on any atom is 0.138 e. The highest BCUT2D eigenvalue weighted by Gasteiger charge is 2.09. The quantitative estimate of drug-likeness (QED) is 0.298. The standard InChI is InChI=1S/C28H23N3O/c29-22-10-5-11-23(18-22)31-28-27-14-6-13-25(26(27)15-16-30-28)21-9-4-12-24(17-21)32-19-20-7-2-1-3-8-20/h1-18H,19,29H2,(H,30,31). The largest absolute Gasteiger partial charge is 0.489 e. The fourth-order valence-electron chi connectivity index (χ4n) is 3.81. The van der Waals surface area contributed by atoms with Crippen molar-refractivity contribution in [2.45, 2.75) is 6.61 Å². The first kappa shape index (κ1) is 19.6. The number of nitrogens with two attached hydrogens (primary N) is 1. The monoisotopic (exact) mass is 417 g/mol. The molecule has 1 heterocycles. The van der Waals surface area contributed by atoms with Crippen molar-refractivity contribution < 1.29 is 4.74 Å². The third-order valence-corrected chi connectivity index (χ3v) is 5.35. The van der Waals surface area contributed by atoms with Crippen LogP contribution in [0.25, 0.3) is 21.9 Å².